The molecule has 0 amide bonds. The Morgan fingerprint density at radius 3 is 2.00 bits per heavy atom. The minimum Gasteiger partial charge on any atom is -0.497 e. The number of ether oxygens (including phenoxy) is 5. The molecule has 0 N–H and O–H groups in total. The molecule has 0 saturated heterocycles. The molecule has 2 aliphatic rings. The Morgan fingerprint density at radius 1 is 0.778 bits per heavy atom. The number of carbonyl (C=O) groups excluding carboxylic acids is 1. The van der Waals surface area contributed by atoms with Crippen molar-refractivity contribution in [2.75, 3.05) is 27.4 Å². The van der Waals surface area contributed by atoms with Crippen LogP contribution in [0.2, 0.25) is 0 Å². The van der Waals surface area contributed by atoms with Gasteiger partial charge in [-0.3, -0.25) is 0 Å². The monoisotopic (exact) mass is 618 g/mol. The Labute approximate surface area is 266 Å². The molecule has 7 heteroatoms. The molecule has 0 aromatic heterocycles. The summed E-state index contributed by atoms with van der Waals surface area (Å²) in [6.45, 7) is 2.27. The fourth-order valence-electron chi connectivity index (χ4n) is 6.79. The number of methoxy groups -OCH3 is 2. The van der Waals surface area contributed by atoms with Crippen LogP contribution in [0, 0.1) is 0 Å². The van der Waals surface area contributed by atoms with Crippen molar-refractivity contribution >= 4 is 33.9 Å². The van der Waals surface area contributed by atoms with Gasteiger partial charge in [-0.1, -0.05) is 78.9 Å². The summed E-state index contributed by atoms with van der Waals surface area (Å²) < 4.78 is 29.9. The zero-order chi connectivity index (χ0) is 31.2. The van der Waals surface area contributed by atoms with Crippen LogP contribution in [0.5, 0.6) is 17.2 Å². The second-order valence-corrected chi connectivity index (χ2v) is 11.5. The predicted octanol–water partition coefficient (Wildman–Crippen LogP) is 8.84. The summed E-state index contributed by atoms with van der Waals surface area (Å²) in [5, 5.41) is 2.06. The van der Waals surface area contributed by atoms with Crippen LogP contribution in [-0.2, 0) is 20.7 Å². The van der Waals surface area contributed by atoms with Crippen LogP contribution in [0.15, 0.2) is 103 Å². The van der Waals surface area contributed by atoms with Gasteiger partial charge in [0.05, 0.1) is 20.8 Å². The normalized spacial score (nSPS) is 17.2. The minimum absolute atomic E-state index is 0.0373. The van der Waals surface area contributed by atoms with Crippen LogP contribution in [0.1, 0.15) is 34.7 Å². The molecule has 5 aromatic rings. The van der Waals surface area contributed by atoms with E-state index in [9.17, 15) is 4.79 Å². The van der Waals surface area contributed by atoms with Crippen molar-refractivity contribution in [3.05, 3.63) is 131 Å². The Bertz CT molecular complexity index is 1900. The molecule has 5 aromatic carbocycles. The molecule has 0 radical (unpaired) electrons. The number of carbonyl (C=O) groups is 1. The lowest BCUT2D eigenvalue weighted by Gasteiger charge is -2.39. The highest BCUT2D eigenvalue weighted by Gasteiger charge is 2.47. The van der Waals surface area contributed by atoms with Crippen molar-refractivity contribution in [3.63, 3.8) is 0 Å². The molecule has 0 fully saturated rings. The lowest BCUT2D eigenvalue weighted by Crippen LogP contribution is -2.35. The predicted molar refractivity (Wildman–Crippen MR) is 175 cm³/mol. The van der Waals surface area contributed by atoms with Gasteiger partial charge in [-0.2, -0.15) is 0 Å². The van der Waals surface area contributed by atoms with E-state index in [1.54, 1.807) is 14.2 Å². The summed E-state index contributed by atoms with van der Waals surface area (Å²) in [6, 6.07) is 32.6. The maximum absolute atomic E-state index is 11.3. The SMILES string of the molecule is COc1ccc(C2(c3ccc(OC)cc3)C=Cc3c4c(c5ccccc5c3O2)-c2ccccc2C4(C)OCCOC(=O)Cl)cc1. The Hall–Kier alpha value is -4.78. The van der Waals surface area contributed by atoms with Crippen molar-refractivity contribution < 1.29 is 28.5 Å². The molecule has 0 saturated carbocycles. The summed E-state index contributed by atoms with van der Waals surface area (Å²) in [4.78, 5) is 11.3. The fourth-order valence-corrected chi connectivity index (χ4v) is 6.87. The molecule has 0 spiro atoms. The van der Waals surface area contributed by atoms with E-state index in [2.05, 4.69) is 43.3 Å². The van der Waals surface area contributed by atoms with Crippen LogP contribution < -0.4 is 14.2 Å². The van der Waals surface area contributed by atoms with Gasteiger partial charge >= 0.3 is 5.43 Å². The summed E-state index contributed by atoms with van der Waals surface area (Å²) in [7, 11) is 3.32. The van der Waals surface area contributed by atoms with Crippen LogP contribution >= 0.6 is 11.6 Å². The third-order valence-electron chi connectivity index (χ3n) is 8.87. The number of rotatable bonds is 8. The molecular formula is C38H31ClO6. The quantitative estimate of drug-likeness (QED) is 0.128. The maximum Gasteiger partial charge on any atom is 0.403 e. The van der Waals surface area contributed by atoms with Gasteiger partial charge in [0.1, 0.15) is 29.5 Å². The highest BCUT2D eigenvalue weighted by Crippen LogP contribution is 2.58. The van der Waals surface area contributed by atoms with E-state index < -0.39 is 16.6 Å². The number of fused-ring (bicyclic) bond motifs is 8. The Balaban J connectivity index is 1.47. The van der Waals surface area contributed by atoms with E-state index in [1.807, 2.05) is 72.8 Å². The molecule has 1 atom stereocenters. The second-order valence-electron chi connectivity index (χ2n) is 11.2. The molecule has 6 nitrogen and oxygen atoms in total. The van der Waals surface area contributed by atoms with Crippen LogP contribution in [0.4, 0.5) is 4.79 Å². The highest BCUT2D eigenvalue weighted by atomic mass is 35.5. The van der Waals surface area contributed by atoms with Crippen molar-refractivity contribution in [1.29, 1.82) is 0 Å². The van der Waals surface area contributed by atoms with Crippen LogP contribution in [0.3, 0.4) is 0 Å². The lowest BCUT2D eigenvalue weighted by molar-refractivity contribution is -0.0196. The summed E-state index contributed by atoms with van der Waals surface area (Å²) in [5.41, 5.74) is 4.42. The molecule has 1 aliphatic carbocycles. The van der Waals surface area contributed by atoms with Crippen molar-refractivity contribution in [1.82, 2.24) is 0 Å². The Morgan fingerprint density at radius 2 is 1.38 bits per heavy atom. The van der Waals surface area contributed by atoms with Crippen molar-refractivity contribution in [2.24, 2.45) is 0 Å². The fraction of sp³-hybridized carbons (Fsp3) is 0.184. The van der Waals surface area contributed by atoms with Crippen molar-refractivity contribution in [3.8, 4) is 28.4 Å². The Kier molecular flexibility index (Phi) is 7.27. The van der Waals surface area contributed by atoms with Gasteiger partial charge in [0.25, 0.3) is 0 Å². The highest BCUT2D eigenvalue weighted by molar-refractivity contribution is 6.61. The smallest absolute Gasteiger partial charge is 0.403 e. The largest absolute Gasteiger partial charge is 0.497 e. The van der Waals surface area contributed by atoms with Gasteiger partial charge < -0.3 is 23.7 Å². The number of benzene rings is 5. The molecule has 45 heavy (non-hydrogen) atoms. The first-order valence-electron chi connectivity index (χ1n) is 14.7. The maximum atomic E-state index is 11.3. The summed E-state index contributed by atoms with van der Waals surface area (Å²) in [6.07, 6.45) is 4.28. The average molecular weight is 619 g/mol. The van der Waals surface area contributed by atoms with Gasteiger partial charge in [-0.25, -0.2) is 4.79 Å². The van der Waals surface area contributed by atoms with E-state index in [1.165, 1.54) is 0 Å². The number of halogens is 1. The van der Waals surface area contributed by atoms with Gasteiger partial charge in [-0.15, -0.1) is 0 Å². The summed E-state index contributed by atoms with van der Waals surface area (Å²) in [5.74, 6) is 2.28. The minimum atomic E-state index is -0.945. The lowest BCUT2D eigenvalue weighted by atomic mass is 9.80. The molecule has 1 unspecified atom stereocenters. The standard InChI is InChI=1S/C38H31ClO6/c1-37(44-23-22-43-36(39)40)32-11-7-6-10-30(32)33-28-8-4-5-9-29(28)35-31(34(33)37)20-21-38(45-35,24-12-16-26(41-2)17-13-24)25-14-18-27(42-3)19-15-25/h4-21H,22-23H2,1-3H3. The zero-order valence-corrected chi connectivity index (χ0v) is 25.9. The third-order valence-corrected chi connectivity index (χ3v) is 8.98. The van der Waals surface area contributed by atoms with E-state index >= 15 is 0 Å². The average Bonchev–Trinajstić information content (AvgIpc) is 3.35. The van der Waals surface area contributed by atoms with E-state index in [0.29, 0.717) is 0 Å². The molecule has 0 bridgehead atoms. The van der Waals surface area contributed by atoms with E-state index in [4.69, 9.17) is 35.3 Å². The second kappa shape index (κ2) is 11.3. The molecular weight excluding hydrogens is 588 g/mol. The number of hydrogen-bond donors (Lipinski definition) is 0. The van der Waals surface area contributed by atoms with Gasteiger partial charge in [0, 0.05) is 39.2 Å². The van der Waals surface area contributed by atoms with E-state index in [0.717, 1.165) is 67.0 Å². The molecule has 1 heterocycles. The van der Waals surface area contributed by atoms with Crippen LogP contribution in [-0.4, -0.2) is 32.9 Å². The molecule has 7 rings (SSSR count). The van der Waals surface area contributed by atoms with Gasteiger partial charge in [0.15, 0.2) is 5.60 Å². The molecule has 1 aliphatic heterocycles. The third kappa shape index (κ3) is 4.64. The van der Waals surface area contributed by atoms with Crippen molar-refractivity contribution in [2.45, 2.75) is 18.1 Å². The first kappa shape index (κ1) is 29.0. The first-order valence-corrected chi connectivity index (χ1v) is 15.1. The van der Waals surface area contributed by atoms with Crippen LogP contribution in [0.25, 0.3) is 28.0 Å². The first-order chi connectivity index (χ1) is 21.9. The molecule has 226 valence electrons. The summed E-state index contributed by atoms with van der Waals surface area (Å²) >= 11 is 5.44. The van der Waals surface area contributed by atoms with Gasteiger partial charge in [0.2, 0.25) is 0 Å². The number of hydrogen-bond acceptors (Lipinski definition) is 6. The van der Waals surface area contributed by atoms with Gasteiger partial charge in [-0.05, 0) is 59.3 Å². The zero-order valence-electron chi connectivity index (χ0n) is 25.1. The van der Waals surface area contributed by atoms with E-state index in [-0.39, 0.29) is 13.2 Å². The topological polar surface area (TPSA) is 63.2 Å².